The molecule has 1 atom stereocenters. The van der Waals surface area contributed by atoms with Crippen LogP contribution in [0.5, 0.6) is 0 Å². The molecule has 0 saturated carbocycles. The molecule has 0 aliphatic carbocycles. The van der Waals surface area contributed by atoms with Crippen molar-refractivity contribution in [1.29, 1.82) is 0 Å². The van der Waals surface area contributed by atoms with E-state index < -0.39 is 36.2 Å². The lowest BCUT2D eigenvalue weighted by molar-refractivity contribution is -0.151. The van der Waals surface area contributed by atoms with Crippen LogP contribution >= 0.6 is 11.6 Å². The van der Waals surface area contributed by atoms with Gasteiger partial charge < -0.3 is 10.1 Å². The van der Waals surface area contributed by atoms with Gasteiger partial charge in [0.15, 0.2) is 6.61 Å². The Hall–Kier alpha value is -3.39. The molecular formula is C25H28ClN3O5. The van der Waals surface area contributed by atoms with Crippen LogP contribution in [0.2, 0.25) is 5.02 Å². The van der Waals surface area contributed by atoms with Gasteiger partial charge in [0.25, 0.3) is 11.8 Å². The van der Waals surface area contributed by atoms with Crippen molar-refractivity contribution in [3.8, 4) is 0 Å². The smallest absolute Gasteiger partial charge is 0.311 e. The number of halogens is 1. The first-order valence-electron chi connectivity index (χ1n) is 10.9. The van der Waals surface area contributed by atoms with Crippen molar-refractivity contribution in [2.45, 2.75) is 39.5 Å². The summed E-state index contributed by atoms with van der Waals surface area (Å²) in [7, 11) is 0. The summed E-state index contributed by atoms with van der Waals surface area (Å²) in [6.07, 6.45) is -0.114. The highest BCUT2D eigenvalue weighted by atomic mass is 35.5. The van der Waals surface area contributed by atoms with Crippen molar-refractivity contribution >= 4 is 41.0 Å². The van der Waals surface area contributed by atoms with E-state index in [0.29, 0.717) is 16.3 Å². The number of hydrogen-bond acceptors (Lipinski definition) is 5. The number of benzene rings is 2. The second-order valence-corrected chi connectivity index (χ2v) is 9.70. The monoisotopic (exact) mass is 485 g/mol. The van der Waals surface area contributed by atoms with E-state index in [9.17, 15) is 19.2 Å². The van der Waals surface area contributed by atoms with Gasteiger partial charge in [-0.3, -0.25) is 29.6 Å². The number of amides is 3. The number of carbonyl (C=O) groups excluding carboxylic acids is 4. The Morgan fingerprint density at radius 2 is 1.79 bits per heavy atom. The quantitative estimate of drug-likeness (QED) is 0.608. The Labute approximate surface area is 203 Å². The summed E-state index contributed by atoms with van der Waals surface area (Å²) in [6.45, 7) is 7.54. The zero-order valence-corrected chi connectivity index (χ0v) is 20.4. The van der Waals surface area contributed by atoms with Crippen molar-refractivity contribution in [1.82, 2.24) is 10.4 Å². The Morgan fingerprint density at radius 3 is 2.41 bits per heavy atom. The van der Waals surface area contributed by atoms with Gasteiger partial charge in [0.05, 0.1) is 12.5 Å². The molecule has 0 radical (unpaired) electrons. The number of carbonyl (C=O) groups is 4. The molecular weight excluding hydrogens is 458 g/mol. The molecule has 1 fully saturated rings. The second-order valence-electron chi connectivity index (χ2n) is 9.29. The van der Waals surface area contributed by atoms with Gasteiger partial charge in [-0.1, -0.05) is 50.6 Å². The lowest BCUT2D eigenvalue weighted by atomic mass is 9.87. The molecule has 9 heteroatoms. The third-order valence-electron chi connectivity index (χ3n) is 5.51. The highest BCUT2D eigenvalue weighted by Gasteiger charge is 2.36. The Balaban J connectivity index is 1.49. The van der Waals surface area contributed by atoms with Crippen LogP contribution in [0.25, 0.3) is 0 Å². The number of nitrogens with zero attached hydrogens (tertiary/aromatic N) is 1. The van der Waals surface area contributed by atoms with Crippen LogP contribution < -0.4 is 10.7 Å². The summed E-state index contributed by atoms with van der Waals surface area (Å²) in [4.78, 5) is 49.3. The van der Waals surface area contributed by atoms with Gasteiger partial charge in [-0.25, -0.2) is 0 Å². The van der Waals surface area contributed by atoms with Gasteiger partial charge in [0.2, 0.25) is 5.91 Å². The first-order chi connectivity index (χ1) is 15.9. The van der Waals surface area contributed by atoms with Gasteiger partial charge in [0.1, 0.15) is 0 Å². The zero-order valence-electron chi connectivity index (χ0n) is 19.6. The van der Waals surface area contributed by atoms with E-state index in [4.69, 9.17) is 16.3 Å². The van der Waals surface area contributed by atoms with Crippen molar-refractivity contribution in [3.05, 3.63) is 64.2 Å². The molecule has 1 aliphatic heterocycles. The van der Waals surface area contributed by atoms with Crippen LogP contribution in [-0.4, -0.2) is 41.9 Å². The van der Waals surface area contributed by atoms with Crippen LogP contribution in [0, 0.1) is 12.8 Å². The number of anilines is 1. The maximum absolute atomic E-state index is 12.5. The number of hydrogen-bond donors (Lipinski definition) is 2. The summed E-state index contributed by atoms with van der Waals surface area (Å²) in [5.74, 6) is -2.84. The molecule has 0 spiro atoms. The first kappa shape index (κ1) is 25.2. The van der Waals surface area contributed by atoms with Crippen molar-refractivity contribution < 1.29 is 23.9 Å². The van der Waals surface area contributed by atoms with Gasteiger partial charge in [-0.2, -0.15) is 0 Å². The fourth-order valence-electron chi connectivity index (χ4n) is 3.40. The molecule has 180 valence electrons. The Morgan fingerprint density at radius 1 is 1.12 bits per heavy atom. The van der Waals surface area contributed by atoms with Crippen LogP contribution in [-0.2, 0) is 24.5 Å². The first-order valence-corrected chi connectivity index (χ1v) is 11.3. The van der Waals surface area contributed by atoms with Crippen molar-refractivity contribution in [2.75, 3.05) is 18.5 Å². The summed E-state index contributed by atoms with van der Waals surface area (Å²) in [5, 5.41) is 4.21. The molecule has 0 bridgehead atoms. The van der Waals surface area contributed by atoms with Crippen LogP contribution in [0.15, 0.2) is 42.5 Å². The summed E-state index contributed by atoms with van der Waals surface area (Å²) in [6, 6.07) is 12.2. The minimum absolute atomic E-state index is 0.0291. The number of nitrogens with one attached hydrogen (secondary N) is 2. The number of hydrazine groups is 1. The van der Waals surface area contributed by atoms with Gasteiger partial charge >= 0.3 is 5.97 Å². The standard InChI is InChI=1S/C25H28ClN3O5/c1-15-5-10-19(12-20(15)26)27-21(30)14-34-24(33)17-11-22(31)29(13-17)28-23(32)16-6-8-18(9-7-16)25(2,3)4/h5-10,12,17H,11,13-14H2,1-4H3,(H,27,30)(H,28,32)/t17-/m0/s1. The summed E-state index contributed by atoms with van der Waals surface area (Å²) in [5.41, 5.74) is 5.34. The predicted molar refractivity (Wildman–Crippen MR) is 128 cm³/mol. The molecule has 2 aromatic rings. The van der Waals surface area contributed by atoms with E-state index >= 15 is 0 Å². The minimum atomic E-state index is -0.780. The maximum atomic E-state index is 12.5. The van der Waals surface area contributed by atoms with E-state index in [2.05, 4.69) is 31.5 Å². The molecule has 0 aromatic heterocycles. The second kappa shape index (κ2) is 10.3. The highest BCUT2D eigenvalue weighted by molar-refractivity contribution is 6.31. The van der Waals surface area contributed by atoms with E-state index in [1.807, 2.05) is 19.1 Å². The van der Waals surface area contributed by atoms with E-state index in [-0.39, 0.29) is 18.4 Å². The van der Waals surface area contributed by atoms with Crippen LogP contribution in [0.3, 0.4) is 0 Å². The minimum Gasteiger partial charge on any atom is -0.455 e. The summed E-state index contributed by atoms with van der Waals surface area (Å²) < 4.78 is 5.07. The molecule has 1 saturated heterocycles. The molecule has 1 aliphatic rings. The molecule has 8 nitrogen and oxygen atoms in total. The predicted octanol–water partition coefficient (Wildman–Crippen LogP) is 3.62. The normalized spacial score (nSPS) is 15.7. The third kappa shape index (κ3) is 6.35. The van der Waals surface area contributed by atoms with Gasteiger partial charge in [0, 0.05) is 22.7 Å². The molecule has 2 N–H and O–H groups in total. The molecule has 3 rings (SSSR count). The molecule has 3 amide bonds. The topological polar surface area (TPSA) is 105 Å². The lowest BCUT2D eigenvalue weighted by Gasteiger charge is -2.20. The molecule has 0 unspecified atom stereocenters. The van der Waals surface area contributed by atoms with E-state index in [1.54, 1.807) is 30.3 Å². The largest absolute Gasteiger partial charge is 0.455 e. The van der Waals surface area contributed by atoms with Crippen LogP contribution in [0.4, 0.5) is 5.69 Å². The van der Waals surface area contributed by atoms with E-state index in [0.717, 1.165) is 16.1 Å². The van der Waals surface area contributed by atoms with Gasteiger partial charge in [-0.15, -0.1) is 0 Å². The average Bonchev–Trinajstić information content (AvgIpc) is 3.14. The Kier molecular flexibility index (Phi) is 7.61. The van der Waals surface area contributed by atoms with Crippen molar-refractivity contribution in [2.24, 2.45) is 5.92 Å². The molecule has 34 heavy (non-hydrogen) atoms. The lowest BCUT2D eigenvalue weighted by Crippen LogP contribution is -2.43. The highest BCUT2D eigenvalue weighted by Crippen LogP contribution is 2.23. The molecule has 1 heterocycles. The zero-order chi connectivity index (χ0) is 25.0. The molecule has 2 aromatic carbocycles. The third-order valence-corrected chi connectivity index (χ3v) is 5.92. The summed E-state index contributed by atoms with van der Waals surface area (Å²) >= 11 is 6.03. The fraction of sp³-hybridized carbons (Fsp3) is 0.360. The fourth-order valence-corrected chi connectivity index (χ4v) is 3.59. The number of ether oxygens (including phenoxy) is 1. The van der Waals surface area contributed by atoms with Crippen LogP contribution in [0.1, 0.15) is 48.7 Å². The SMILES string of the molecule is Cc1ccc(NC(=O)COC(=O)[C@H]2CC(=O)N(NC(=O)c3ccc(C(C)(C)C)cc3)C2)cc1Cl. The average molecular weight is 486 g/mol. The van der Waals surface area contributed by atoms with Crippen molar-refractivity contribution in [3.63, 3.8) is 0 Å². The van der Waals surface area contributed by atoms with E-state index in [1.165, 1.54) is 0 Å². The number of esters is 1. The Bertz CT molecular complexity index is 1110. The maximum Gasteiger partial charge on any atom is 0.311 e. The number of rotatable bonds is 6. The number of aryl methyl sites for hydroxylation is 1. The van der Waals surface area contributed by atoms with Gasteiger partial charge in [-0.05, 0) is 47.7 Å².